The van der Waals surface area contributed by atoms with Gasteiger partial charge in [0.05, 0.1) is 23.5 Å². The second-order valence-corrected chi connectivity index (χ2v) is 10.2. The number of piperidine rings is 1. The van der Waals surface area contributed by atoms with E-state index in [1.807, 2.05) is 0 Å². The number of nitrogens with zero attached hydrogens (tertiary/aromatic N) is 1. The van der Waals surface area contributed by atoms with Crippen LogP contribution in [0, 0.1) is 11.7 Å². The van der Waals surface area contributed by atoms with Gasteiger partial charge in [0, 0.05) is 30.1 Å². The van der Waals surface area contributed by atoms with Crippen LogP contribution in [-0.2, 0) is 14.6 Å². The molecule has 3 rings (SSSR count). The number of benzene rings is 2. The van der Waals surface area contributed by atoms with Crippen molar-refractivity contribution < 1.29 is 27.1 Å². The highest BCUT2D eigenvalue weighted by Crippen LogP contribution is 2.26. The van der Waals surface area contributed by atoms with Gasteiger partial charge in [-0.25, -0.2) is 12.8 Å². The van der Waals surface area contributed by atoms with Crippen LogP contribution in [0.1, 0.15) is 29.6 Å². The van der Waals surface area contributed by atoms with Gasteiger partial charge in [0.2, 0.25) is 5.91 Å². The number of hydrogen-bond donors (Lipinski definition) is 1. The topological polar surface area (TPSA) is 92.8 Å². The van der Waals surface area contributed by atoms with Gasteiger partial charge in [0.25, 0.3) is 5.91 Å². The first-order valence-electron chi connectivity index (χ1n) is 10.8. The van der Waals surface area contributed by atoms with Crippen molar-refractivity contribution in [3.63, 3.8) is 0 Å². The highest BCUT2D eigenvalue weighted by molar-refractivity contribution is 7.94. The zero-order valence-corrected chi connectivity index (χ0v) is 20.2. The Kier molecular flexibility index (Phi) is 8.68. The molecular weight excluding hydrogens is 483 g/mol. The van der Waals surface area contributed by atoms with E-state index in [4.69, 9.17) is 16.3 Å². The summed E-state index contributed by atoms with van der Waals surface area (Å²) in [5.74, 6) is -0.894. The molecule has 1 fully saturated rings. The van der Waals surface area contributed by atoms with Crippen LogP contribution in [0.25, 0.3) is 0 Å². The Labute approximate surface area is 203 Å². The van der Waals surface area contributed by atoms with Gasteiger partial charge in [-0.1, -0.05) is 17.7 Å². The first-order valence-corrected chi connectivity index (χ1v) is 12.7. The molecule has 1 aliphatic heterocycles. The lowest BCUT2D eigenvalue weighted by molar-refractivity contribution is -0.126. The number of halogens is 2. The maximum atomic E-state index is 13.0. The fourth-order valence-electron chi connectivity index (χ4n) is 3.71. The van der Waals surface area contributed by atoms with Crippen LogP contribution in [0.4, 0.5) is 4.39 Å². The number of ether oxygens (including phenoxy) is 1. The Bertz CT molecular complexity index is 1170. The molecule has 1 atom stereocenters. The third-order valence-corrected chi connectivity index (χ3v) is 7.21. The van der Waals surface area contributed by atoms with E-state index in [9.17, 15) is 22.4 Å². The van der Waals surface area contributed by atoms with E-state index in [0.717, 1.165) is 17.5 Å². The lowest BCUT2D eigenvalue weighted by Gasteiger charge is -2.32. The van der Waals surface area contributed by atoms with Crippen LogP contribution >= 0.6 is 11.6 Å². The van der Waals surface area contributed by atoms with Crippen molar-refractivity contribution >= 4 is 33.3 Å². The van der Waals surface area contributed by atoms with Gasteiger partial charge in [-0.05, 0) is 61.7 Å². The molecule has 1 aliphatic rings. The monoisotopic (exact) mass is 508 g/mol. The summed E-state index contributed by atoms with van der Waals surface area (Å²) in [6, 6.07) is 9.40. The van der Waals surface area contributed by atoms with Crippen molar-refractivity contribution in [2.45, 2.75) is 24.2 Å². The molecule has 2 aromatic rings. The van der Waals surface area contributed by atoms with Gasteiger partial charge >= 0.3 is 0 Å². The Morgan fingerprint density at radius 1 is 1.24 bits per heavy atom. The Morgan fingerprint density at radius 2 is 1.97 bits per heavy atom. The normalized spacial score (nSPS) is 16.4. The van der Waals surface area contributed by atoms with E-state index >= 15 is 0 Å². The zero-order valence-electron chi connectivity index (χ0n) is 18.7. The summed E-state index contributed by atoms with van der Waals surface area (Å²) in [6.07, 6.45) is 3.09. The maximum Gasteiger partial charge on any atom is 0.257 e. The van der Waals surface area contributed by atoms with Crippen LogP contribution in [0.15, 0.2) is 58.8 Å². The Balaban J connectivity index is 1.52. The van der Waals surface area contributed by atoms with Crippen LogP contribution < -0.4 is 10.1 Å². The van der Waals surface area contributed by atoms with Gasteiger partial charge in [-0.2, -0.15) is 0 Å². The number of hydrogen-bond acceptors (Lipinski definition) is 5. The molecule has 1 saturated heterocycles. The number of carbonyl (C=O) groups is 2. The van der Waals surface area contributed by atoms with E-state index in [1.165, 1.54) is 25.3 Å². The number of carbonyl (C=O) groups excluding carboxylic acids is 2. The molecule has 7 nitrogen and oxygen atoms in total. The molecule has 0 saturated carbocycles. The van der Waals surface area contributed by atoms with E-state index < -0.39 is 15.7 Å². The fourth-order valence-corrected chi connectivity index (χ4v) is 4.95. The number of rotatable bonds is 8. The zero-order chi connectivity index (χ0) is 24.7. The molecule has 1 heterocycles. The van der Waals surface area contributed by atoms with Crippen molar-refractivity contribution in [2.24, 2.45) is 5.92 Å². The molecule has 182 valence electrons. The molecule has 0 aliphatic carbocycles. The molecule has 0 bridgehead atoms. The largest absolute Gasteiger partial charge is 0.496 e. The molecule has 1 N–H and O–H groups in total. The second kappa shape index (κ2) is 11.5. The van der Waals surface area contributed by atoms with E-state index in [-0.39, 0.29) is 35.7 Å². The highest BCUT2D eigenvalue weighted by Gasteiger charge is 2.30. The number of methoxy groups -OCH3 is 1. The lowest BCUT2D eigenvalue weighted by atomic mass is 9.96. The van der Waals surface area contributed by atoms with Crippen molar-refractivity contribution in [1.82, 2.24) is 10.2 Å². The minimum atomic E-state index is -3.67. The highest BCUT2D eigenvalue weighted by atomic mass is 35.5. The predicted molar refractivity (Wildman–Crippen MR) is 127 cm³/mol. The van der Waals surface area contributed by atoms with Gasteiger partial charge in [-0.3, -0.25) is 9.59 Å². The summed E-state index contributed by atoms with van der Waals surface area (Å²) < 4.78 is 42.7. The van der Waals surface area contributed by atoms with Crippen LogP contribution in [0.2, 0.25) is 5.02 Å². The Hall–Kier alpha value is -2.91. The molecule has 0 radical (unpaired) electrons. The van der Waals surface area contributed by atoms with Crippen LogP contribution in [0.3, 0.4) is 0 Å². The number of amides is 2. The quantitative estimate of drug-likeness (QED) is 0.432. The molecule has 1 unspecified atom stereocenters. The lowest BCUT2D eigenvalue weighted by Crippen LogP contribution is -2.45. The van der Waals surface area contributed by atoms with Crippen molar-refractivity contribution in [3.05, 3.63) is 70.4 Å². The molecule has 0 spiro atoms. The molecule has 34 heavy (non-hydrogen) atoms. The number of likely N-dealkylation sites (tertiary alicyclic amines) is 1. The smallest absolute Gasteiger partial charge is 0.257 e. The number of sulfone groups is 1. The first-order chi connectivity index (χ1) is 16.2. The summed E-state index contributed by atoms with van der Waals surface area (Å²) in [7, 11) is -2.20. The van der Waals surface area contributed by atoms with Crippen molar-refractivity contribution in [2.75, 3.05) is 26.7 Å². The molecule has 10 heteroatoms. The van der Waals surface area contributed by atoms with Crippen LogP contribution in [0.5, 0.6) is 5.75 Å². The minimum absolute atomic E-state index is 0.00233. The number of nitrogens with one attached hydrogen (secondary N) is 1. The summed E-state index contributed by atoms with van der Waals surface area (Å²) >= 11 is 6.04. The summed E-state index contributed by atoms with van der Waals surface area (Å²) in [5, 5.41) is 4.27. The molecule has 0 aromatic heterocycles. The van der Waals surface area contributed by atoms with Crippen molar-refractivity contribution in [1.29, 1.82) is 0 Å². The third kappa shape index (κ3) is 6.57. The predicted octanol–water partition coefficient (Wildman–Crippen LogP) is 3.83. The maximum absolute atomic E-state index is 13.0. The molecule has 2 amide bonds. The van der Waals surface area contributed by atoms with E-state index in [0.29, 0.717) is 42.1 Å². The van der Waals surface area contributed by atoms with E-state index in [2.05, 4.69) is 5.32 Å². The average Bonchev–Trinajstić information content (AvgIpc) is 2.83. The van der Waals surface area contributed by atoms with E-state index in [1.54, 1.807) is 23.1 Å². The molecule has 2 aromatic carbocycles. The van der Waals surface area contributed by atoms with Crippen LogP contribution in [-0.4, -0.2) is 51.9 Å². The van der Waals surface area contributed by atoms with Gasteiger partial charge in [-0.15, -0.1) is 0 Å². The van der Waals surface area contributed by atoms with Gasteiger partial charge in [0.1, 0.15) is 11.6 Å². The fraction of sp³-hybridized carbons (Fsp3) is 0.333. The second-order valence-electron chi connectivity index (χ2n) is 7.89. The Morgan fingerprint density at radius 3 is 2.68 bits per heavy atom. The minimum Gasteiger partial charge on any atom is -0.496 e. The summed E-state index contributed by atoms with van der Waals surface area (Å²) in [6.45, 7) is 1.05. The average molecular weight is 509 g/mol. The SMILES string of the molecule is COc1ccc(Cl)cc1C(=O)N1CCCC(C(=O)NCC/C=C/S(=O)(=O)c2ccc(F)cc2)C1. The standard InChI is InChI=1S/C24H26ClFN2O5S/c1-33-22-11-6-18(25)15-21(22)24(30)28-13-4-5-17(16-28)23(29)27-12-2-3-14-34(31,32)20-9-7-19(26)8-10-20/h3,6-11,14-15,17H,2,4-5,12-13,16H2,1H3,(H,27,29)/b14-3+. The molecular formula is C24H26ClFN2O5S. The first kappa shape index (κ1) is 25.7. The van der Waals surface area contributed by atoms with Gasteiger partial charge in [0.15, 0.2) is 9.84 Å². The van der Waals surface area contributed by atoms with Gasteiger partial charge < -0.3 is 15.0 Å². The third-order valence-electron chi connectivity index (χ3n) is 5.50. The van der Waals surface area contributed by atoms with Crippen molar-refractivity contribution in [3.8, 4) is 5.75 Å². The summed E-state index contributed by atoms with van der Waals surface area (Å²) in [5.41, 5.74) is 0.351. The summed E-state index contributed by atoms with van der Waals surface area (Å²) in [4.78, 5) is 27.2.